The van der Waals surface area contributed by atoms with Gasteiger partial charge in [0.25, 0.3) is 0 Å². The summed E-state index contributed by atoms with van der Waals surface area (Å²) in [5.41, 5.74) is 3.56. The van der Waals surface area contributed by atoms with Crippen molar-refractivity contribution in [3.63, 3.8) is 0 Å². The molecule has 1 aliphatic heterocycles. The van der Waals surface area contributed by atoms with Gasteiger partial charge in [-0.2, -0.15) is 0 Å². The molecule has 3 aromatic rings. The molecule has 0 saturated carbocycles. The molecule has 2 N–H and O–H groups in total. The Morgan fingerprint density at radius 3 is 2.63 bits per heavy atom. The zero-order valence-corrected chi connectivity index (χ0v) is 17.0. The molecule has 0 aliphatic carbocycles. The summed E-state index contributed by atoms with van der Waals surface area (Å²) in [6, 6.07) is 20.6. The van der Waals surface area contributed by atoms with Crippen LogP contribution < -0.4 is 24.8 Å². The summed E-state index contributed by atoms with van der Waals surface area (Å²) in [5, 5.41) is 6.37. The van der Waals surface area contributed by atoms with E-state index in [1.807, 2.05) is 73.7 Å². The van der Waals surface area contributed by atoms with Gasteiger partial charge in [0.05, 0.1) is 12.8 Å². The van der Waals surface area contributed by atoms with Crippen LogP contribution in [0, 0.1) is 6.92 Å². The summed E-state index contributed by atoms with van der Waals surface area (Å²) < 4.78 is 16.2. The Kier molecular flexibility index (Phi) is 5.86. The van der Waals surface area contributed by atoms with Gasteiger partial charge in [-0.05, 0) is 47.9 Å². The topological polar surface area (TPSA) is 68.8 Å². The largest absolute Gasteiger partial charge is 0.495 e. The smallest absolute Gasteiger partial charge is 0.246 e. The first-order chi connectivity index (χ1) is 14.6. The molecule has 6 nitrogen and oxygen atoms in total. The SMILES string of the molecule is COc1ccc(C)cc1NC(=O)[C@@H](NCc1ccc2c(c1)OCO2)c1ccccc1. The van der Waals surface area contributed by atoms with E-state index in [0.29, 0.717) is 18.0 Å². The molecule has 1 aliphatic rings. The lowest BCUT2D eigenvalue weighted by molar-refractivity contribution is -0.118. The highest BCUT2D eigenvalue weighted by molar-refractivity contribution is 5.96. The first kappa shape index (κ1) is 19.8. The number of aryl methyl sites for hydroxylation is 1. The third-order valence-electron chi connectivity index (χ3n) is 4.96. The van der Waals surface area contributed by atoms with Gasteiger partial charge < -0.3 is 19.5 Å². The Bertz CT molecular complexity index is 1040. The van der Waals surface area contributed by atoms with Crippen LogP contribution in [0.25, 0.3) is 0 Å². The van der Waals surface area contributed by atoms with Crippen molar-refractivity contribution in [2.45, 2.75) is 19.5 Å². The van der Waals surface area contributed by atoms with Gasteiger partial charge in [0, 0.05) is 6.54 Å². The highest BCUT2D eigenvalue weighted by Crippen LogP contribution is 2.33. The predicted molar refractivity (Wildman–Crippen MR) is 115 cm³/mol. The molecule has 154 valence electrons. The second-order valence-corrected chi connectivity index (χ2v) is 7.11. The minimum Gasteiger partial charge on any atom is -0.495 e. The minimum absolute atomic E-state index is 0.161. The van der Waals surface area contributed by atoms with Crippen LogP contribution in [-0.2, 0) is 11.3 Å². The average molecular weight is 404 g/mol. The first-order valence-electron chi connectivity index (χ1n) is 9.76. The van der Waals surface area contributed by atoms with Crippen molar-refractivity contribution in [3.05, 3.63) is 83.4 Å². The van der Waals surface area contributed by atoms with Crippen molar-refractivity contribution < 1.29 is 19.0 Å². The van der Waals surface area contributed by atoms with Gasteiger partial charge in [0.2, 0.25) is 12.7 Å². The van der Waals surface area contributed by atoms with E-state index in [1.165, 1.54) is 0 Å². The zero-order chi connectivity index (χ0) is 20.9. The summed E-state index contributed by atoms with van der Waals surface area (Å²) in [4.78, 5) is 13.2. The molecule has 0 radical (unpaired) electrons. The summed E-state index contributed by atoms with van der Waals surface area (Å²) >= 11 is 0. The number of nitrogens with one attached hydrogen (secondary N) is 2. The maximum atomic E-state index is 13.2. The first-order valence-corrected chi connectivity index (χ1v) is 9.76. The Hall–Kier alpha value is -3.51. The van der Waals surface area contributed by atoms with Gasteiger partial charge in [-0.15, -0.1) is 0 Å². The van der Waals surface area contributed by atoms with Crippen LogP contribution in [0.1, 0.15) is 22.7 Å². The maximum absolute atomic E-state index is 13.2. The van der Waals surface area contributed by atoms with Crippen molar-refractivity contribution >= 4 is 11.6 Å². The number of carbonyl (C=O) groups is 1. The molecule has 0 bridgehead atoms. The lowest BCUT2D eigenvalue weighted by atomic mass is 10.0. The number of anilines is 1. The predicted octanol–water partition coefficient (Wildman–Crippen LogP) is 4.20. The number of fused-ring (bicyclic) bond motifs is 1. The Balaban J connectivity index is 1.54. The van der Waals surface area contributed by atoms with E-state index >= 15 is 0 Å². The molecule has 0 saturated heterocycles. The molecular weight excluding hydrogens is 380 g/mol. The van der Waals surface area contributed by atoms with Crippen LogP contribution in [0.5, 0.6) is 17.2 Å². The fourth-order valence-electron chi connectivity index (χ4n) is 3.40. The van der Waals surface area contributed by atoms with Gasteiger partial charge in [-0.25, -0.2) is 0 Å². The molecule has 1 amide bonds. The van der Waals surface area contributed by atoms with Gasteiger partial charge >= 0.3 is 0 Å². The van der Waals surface area contributed by atoms with Crippen molar-refractivity contribution in [2.24, 2.45) is 0 Å². The second-order valence-electron chi connectivity index (χ2n) is 7.11. The van der Waals surface area contributed by atoms with E-state index in [-0.39, 0.29) is 12.7 Å². The fraction of sp³-hybridized carbons (Fsp3) is 0.208. The molecule has 30 heavy (non-hydrogen) atoms. The summed E-state index contributed by atoms with van der Waals surface area (Å²) in [7, 11) is 1.59. The molecule has 6 heteroatoms. The normalized spacial score (nSPS) is 13.0. The Morgan fingerprint density at radius 2 is 1.83 bits per heavy atom. The van der Waals surface area contributed by atoms with E-state index in [2.05, 4.69) is 10.6 Å². The van der Waals surface area contributed by atoms with Gasteiger partial charge in [-0.3, -0.25) is 10.1 Å². The Morgan fingerprint density at radius 1 is 1.03 bits per heavy atom. The summed E-state index contributed by atoms with van der Waals surface area (Å²) in [6.07, 6.45) is 0. The van der Waals surface area contributed by atoms with E-state index < -0.39 is 6.04 Å². The molecule has 0 spiro atoms. The summed E-state index contributed by atoms with van der Waals surface area (Å²) in [5.74, 6) is 1.92. The summed E-state index contributed by atoms with van der Waals surface area (Å²) in [6.45, 7) is 2.70. The van der Waals surface area contributed by atoms with Crippen LogP contribution in [0.2, 0.25) is 0 Å². The number of benzene rings is 3. The van der Waals surface area contributed by atoms with Crippen LogP contribution in [-0.4, -0.2) is 19.8 Å². The highest BCUT2D eigenvalue weighted by atomic mass is 16.7. The molecule has 1 heterocycles. The monoisotopic (exact) mass is 404 g/mol. The molecular formula is C24H24N2O4. The number of rotatable bonds is 7. The zero-order valence-electron chi connectivity index (χ0n) is 17.0. The van der Waals surface area contributed by atoms with Crippen LogP contribution >= 0.6 is 0 Å². The van der Waals surface area contributed by atoms with E-state index in [4.69, 9.17) is 14.2 Å². The maximum Gasteiger partial charge on any atom is 0.246 e. The number of amides is 1. The number of methoxy groups -OCH3 is 1. The molecule has 0 aromatic heterocycles. The third kappa shape index (κ3) is 4.39. The fourth-order valence-corrected chi connectivity index (χ4v) is 3.40. The molecule has 0 unspecified atom stereocenters. The lowest BCUT2D eigenvalue weighted by Gasteiger charge is -2.20. The number of carbonyl (C=O) groups excluding carboxylic acids is 1. The van der Waals surface area contributed by atoms with Crippen molar-refractivity contribution in [1.82, 2.24) is 5.32 Å². The average Bonchev–Trinajstić information content (AvgIpc) is 3.23. The standard InChI is InChI=1S/C24H24N2O4/c1-16-8-10-20(28-2)19(12-16)26-24(27)23(18-6-4-3-5-7-18)25-14-17-9-11-21-22(13-17)30-15-29-21/h3-13,23,25H,14-15H2,1-2H3,(H,26,27)/t23-/m0/s1. The molecule has 1 atom stereocenters. The van der Waals surface area contributed by atoms with E-state index in [1.54, 1.807) is 7.11 Å². The molecule has 0 fully saturated rings. The van der Waals surface area contributed by atoms with Crippen LogP contribution in [0.3, 0.4) is 0 Å². The van der Waals surface area contributed by atoms with Crippen molar-refractivity contribution in [3.8, 4) is 17.2 Å². The van der Waals surface area contributed by atoms with Crippen LogP contribution in [0.15, 0.2) is 66.7 Å². The number of ether oxygens (including phenoxy) is 3. The van der Waals surface area contributed by atoms with Crippen molar-refractivity contribution in [2.75, 3.05) is 19.2 Å². The van der Waals surface area contributed by atoms with E-state index in [0.717, 1.165) is 28.2 Å². The Labute approximate surface area is 175 Å². The van der Waals surface area contributed by atoms with Gasteiger partial charge in [0.1, 0.15) is 11.8 Å². The highest BCUT2D eigenvalue weighted by Gasteiger charge is 2.22. The third-order valence-corrected chi connectivity index (χ3v) is 4.96. The second kappa shape index (κ2) is 8.88. The van der Waals surface area contributed by atoms with Crippen LogP contribution in [0.4, 0.5) is 5.69 Å². The molecule has 3 aromatic carbocycles. The van der Waals surface area contributed by atoms with Gasteiger partial charge in [0.15, 0.2) is 11.5 Å². The quantitative estimate of drug-likeness (QED) is 0.618. The number of hydrogen-bond acceptors (Lipinski definition) is 5. The molecule has 4 rings (SSSR count). The lowest BCUT2D eigenvalue weighted by Crippen LogP contribution is -2.32. The van der Waals surface area contributed by atoms with Crippen molar-refractivity contribution in [1.29, 1.82) is 0 Å². The van der Waals surface area contributed by atoms with Gasteiger partial charge in [-0.1, -0.05) is 42.5 Å². The van der Waals surface area contributed by atoms with E-state index in [9.17, 15) is 4.79 Å². The number of hydrogen-bond donors (Lipinski definition) is 2. The minimum atomic E-state index is -0.540.